The molecule has 0 fully saturated rings. The molecule has 2 aliphatic rings. The molecule has 2 heterocycles. The van der Waals surface area contributed by atoms with E-state index in [0.717, 1.165) is 89.1 Å². The zero-order valence-electron chi connectivity index (χ0n) is 34.7. The van der Waals surface area contributed by atoms with Gasteiger partial charge in [0, 0.05) is 48.5 Å². The minimum atomic E-state index is -0.734. The van der Waals surface area contributed by atoms with Crippen LogP contribution in [-0.2, 0) is 49.5 Å². The minimum Gasteiger partial charge on any atom is -1.00 e. The quantitative estimate of drug-likeness (QED) is 0.0814. The first-order valence-electron chi connectivity index (χ1n) is 20.0. The molecule has 64 heavy (non-hydrogen) atoms. The number of aliphatic hydroxyl groups excluding tert-OH is 1. The van der Waals surface area contributed by atoms with Gasteiger partial charge < -0.3 is 26.9 Å². The Kier molecular flexibility index (Phi) is 18.1. The van der Waals surface area contributed by atoms with Crippen molar-refractivity contribution in [1.29, 1.82) is 0 Å². The van der Waals surface area contributed by atoms with Crippen molar-refractivity contribution in [3.63, 3.8) is 0 Å². The molecule has 3 atom stereocenters. The molecule has 13 heteroatoms. The summed E-state index contributed by atoms with van der Waals surface area (Å²) in [6, 6.07) is 35.6. The Labute approximate surface area is 412 Å². The van der Waals surface area contributed by atoms with E-state index in [0.29, 0.717) is 5.56 Å². The van der Waals surface area contributed by atoms with E-state index in [1.165, 1.54) is 71.8 Å². The van der Waals surface area contributed by atoms with Gasteiger partial charge in [0.25, 0.3) is 0 Å². The number of hydrogen-bond acceptors (Lipinski definition) is 4. The van der Waals surface area contributed by atoms with Crippen LogP contribution in [0, 0.1) is 29.3 Å². The van der Waals surface area contributed by atoms with Gasteiger partial charge in [0.2, 0.25) is 0 Å². The number of nitrogens with zero attached hydrogens (tertiary/aromatic N) is 4. The number of aldehydes is 1. The van der Waals surface area contributed by atoms with Gasteiger partial charge in [0.1, 0.15) is 23.7 Å². The first kappa shape index (κ1) is 52.2. The number of carbonyl (C=O) groups is 1. The molecule has 0 spiro atoms. The predicted molar refractivity (Wildman–Crippen MR) is 238 cm³/mol. The number of aryl methyl sites for hydroxylation is 2. The van der Waals surface area contributed by atoms with Gasteiger partial charge in [0.05, 0.1) is 40.9 Å². The number of halogens is 5. The summed E-state index contributed by atoms with van der Waals surface area (Å²) in [6.07, 6.45) is 9.54. The molecule has 0 amide bonds. The second-order valence-electron chi connectivity index (χ2n) is 16.0. The molecule has 6 nitrogen and oxygen atoms in total. The summed E-state index contributed by atoms with van der Waals surface area (Å²) in [5, 5.41) is 22.2. The molecule has 0 saturated carbocycles. The maximum absolute atomic E-state index is 13.4. The smallest absolute Gasteiger partial charge is 1.00 e. The van der Waals surface area contributed by atoms with Crippen LogP contribution in [0.2, 0.25) is 0 Å². The third kappa shape index (κ3) is 10.8. The number of benzene rings is 6. The Balaban J connectivity index is 0.000000235. The fourth-order valence-electron chi connectivity index (χ4n) is 8.63. The second-order valence-corrected chi connectivity index (χ2v) is 16.0. The molecule has 0 aliphatic heterocycles. The van der Waals surface area contributed by atoms with E-state index >= 15 is 0 Å². The first-order valence-corrected chi connectivity index (χ1v) is 20.0. The van der Waals surface area contributed by atoms with Crippen LogP contribution in [-0.4, -0.2) is 54.0 Å². The minimum absolute atomic E-state index is 0. The largest absolute Gasteiger partial charge is 2.00 e. The van der Waals surface area contributed by atoms with Crippen LogP contribution in [0.4, 0.5) is 17.6 Å². The van der Waals surface area contributed by atoms with Gasteiger partial charge in [-0.2, -0.15) is 28.4 Å². The fraction of sp³-hybridized carbons (Fsp3) is 0.235. The molecule has 6 aromatic carbocycles. The van der Waals surface area contributed by atoms with Crippen molar-refractivity contribution in [3.05, 3.63) is 191 Å². The van der Waals surface area contributed by atoms with Crippen molar-refractivity contribution in [3.8, 4) is 11.4 Å². The second kappa shape index (κ2) is 22.2. The number of hydrogen-bond donors (Lipinski definition) is 1. The van der Waals surface area contributed by atoms with Gasteiger partial charge >= 0.3 is 23.1 Å². The molecule has 0 unspecified atom stereocenters. The summed E-state index contributed by atoms with van der Waals surface area (Å²) < 4.78 is 55.3. The van der Waals surface area contributed by atoms with Crippen molar-refractivity contribution < 1.29 is 65.5 Å². The normalized spacial score (nSPS) is 17.5. The van der Waals surface area contributed by atoms with Crippen LogP contribution in [0.3, 0.4) is 0 Å². The maximum atomic E-state index is 13.4. The van der Waals surface area contributed by atoms with Crippen LogP contribution in [0.5, 0.6) is 0 Å². The summed E-state index contributed by atoms with van der Waals surface area (Å²) in [4.78, 5) is 11.6. The summed E-state index contributed by atoms with van der Waals surface area (Å²) in [6.45, 7) is 4.09. The van der Waals surface area contributed by atoms with Crippen molar-refractivity contribution in [2.45, 2.75) is 76.7 Å². The van der Waals surface area contributed by atoms with E-state index in [1.807, 2.05) is 16.3 Å². The van der Waals surface area contributed by atoms with Crippen LogP contribution in [0.25, 0.3) is 33.2 Å². The molecule has 8 aromatic rings. The number of aromatic nitrogens is 4. The fourth-order valence-corrected chi connectivity index (χ4v) is 8.63. The summed E-state index contributed by atoms with van der Waals surface area (Å²) >= 11 is 0. The van der Waals surface area contributed by atoms with Crippen molar-refractivity contribution >= 4 is 51.1 Å². The number of rotatable bonds is 5. The SMILES string of the molecule is C.C[C@]1(C=O)CCCc2cc3c(cnn3-c3ccc(F)cc3)cc21.C[C@]1([C@@H](O)c2ccc(F)cc2)CCCc2cc3c(cnn3-c3ccc(F)cc3)cc21.Fc1cc[c-]cc1.[Br-].[Mg+2].[W]. The average Bonchev–Trinajstić information content (AvgIpc) is 3.88. The van der Waals surface area contributed by atoms with Crippen LogP contribution in [0.1, 0.15) is 80.9 Å². The third-order valence-corrected chi connectivity index (χ3v) is 12.0. The van der Waals surface area contributed by atoms with Gasteiger partial charge in [-0.1, -0.05) is 26.5 Å². The number of carbonyl (C=O) groups excluding carboxylic acids is 1. The monoisotopic (exact) mass is 1110 g/mol. The summed E-state index contributed by atoms with van der Waals surface area (Å²) in [7, 11) is 0. The topological polar surface area (TPSA) is 72.9 Å². The first-order chi connectivity index (χ1) is 29.0. The molecular formula is C51H47BrF4MgN4O2W. The molecule has 2 aromatic heterocycles. The van der Waals surface area contributed by atoms with E-state index in [2.05, 4.69) is 47.5 Å². The van der Waals surface area contributed by atoms with Crippen molar-refractivity contribution in [2.24, 2.45) is 0 Å². The van der Waals surface area contributed by atoms with E-state index in [4.69, 9.17) is 0 Å². The Morgan fingerprint density at radius 1 is 0.656 bits per heavy atom. The molecule has 2 aliphatic carbocycles. The third-order valence-electron chi connectivity index (χ3n) is 12.0. The number of fused-ring (bicyclic) bond motifs is 4. The summed E-state index contributed by atoms with van der Waals surface area (Å²) in [5.74, 6) is -1.06. The Bertz CT molecular complexity index is 2790. The molecule has 0 radical (unpaired) electrons. The zero-order chi connectivity index (χ0) is 42.0. The Morgan fingerprint density at radius 2 is 1.08 bits per heavy atom. The van der Waals surface area contributed by atoms with Crippen LogP contribution in [0.15, 0.2) is 134 Å². The molecule has 0 saturated heterocycles. The van der Waals surface area contributed by atoms with E-state index in [9.17, 15) is 27.5 Å². The molecule has 0 bridgehead atoms. The van der Waals surface area contributed by atoms with Crippen molar-refractivity contribution in [1.82, 2.24) is 19.6 Å². The predicted octanol–water partition coefficient (Wildman–Crippen LogP) is 8.47. The molecule has 10 rings (SSSR count). The Hall–Kier alpha value is -4.46. The maximum Gasteiger partial charge on any atom is 2.00 e. The van der Waals surface area contributed by atoms with Gasteiger partial charge in [-0.05, 0) is 158 Å². The van der Waals surface area contributed by atoms with Gasteiger partial charge in [-0.15, -0.1) is 12.1 Å². The molecule has 1 N–H and O–H groups in total. The van der Waals surface area contributed by atoms with Crippen molar-refractivity contribution in [2.75, 3.05) is 0 Å². The number of aliphatic hydroxyl groups is 1. The van der Waals surface area contributed by atoms with Gasteiger partial charge in [-0.3, -0.25) is 0 Å². The van der Waals surface area contributed by atoms with E-state index in [-0.39, 0.29) is 91.8 Å². The van der Waals surface area contributed by atoms with Crippen LogP contribution >= 0.6 is 0 Å². The van der Waals surface area contributed by atoms with E-state index < -0.39 is 16.9 Å². The standard InChI is InChI=1S/C25H22F2N2O.C19H17FN2O.C6H4F.CH4.BrH.Mg.W/c1-25(24(30)16-4-6-19(26)7-5-16)12-2-3-17-14-23-18(13-22(17)25)15-28-29(23)21-10-8-20(27)9-11-21;1-19(12-23)8-2-3-13-10-18-14(9-17(13)19)11-21-22(18)16-6-4-15(20)5-7-16;7-6-4-2-1-3-5-6;;;;/h4-11,13-15,24,30H,2-3,12H2,1H3;4-7,9-12H,2-3,8H2,1H3;2-5H;1H4;1H;;/q;;-1;;;+2;/p-1/t24-,25-;19-;;;;;/m01...../s1. The summed E-state index contributed by atoms with van der Waals surface area (Å²) in [5.41, 5.74) is 8.04. The Morgan fingerprint density at radius 3 is 1.53 bits per heavy atom. The van der Waals surface area contributed by atoms with Gasteiger partial charge in [0.15, 0.2) is 0 Å². The average molecular weight is 1110 g/mol. The zero-order valence-corrected chi connectivity index (χ0v) is 40.7. The van der Waals surface area contributed by atoms with Gasteiger partial charge in [-0.25, -0.2) is 26.9 Å². The van der Waals surface area contributed by atoms with E-state index in [1.54, 1.807) is 48.8 Å². The van der Waals surface area contributed by atoms with Crippen LogP contribution < -0.4 is 17.0 Å². The molecular weight excluding hydrogens is 1060 g/mol. The molecule has 326 valence electrons.